The first-order valence-corrected chi connectivity index (χ1v) is 6.41. The van der Waals surface area contributed by atoms with Crippen LogP contribution in [0.2, 0.25) is 0 Å². The van der Waals surface area contributed by atoms with Crippen LogP contribution in [0.5, 0.6) is 0 Å². The van der Waals surface area contributed by atoms with Gasteiger partial charge in [-0.1, -0.05) is 37.6 Å². The number of hydrogen-bond donors (Lipinski definition) is 2. The number of H-pyrrole nitrogens is 1. The van der Waals surface area contributed by atoms with E-state index in [9.17, 15) is 0 Å². The lowest BCUT2D eigenvalue weighted by molar-refractivity contribution is 0.580. The van der Waals surface area contributed by atoms with Crippen molar-refractivity contribution in [3.05, 3.63) is 41.1 Å². The fourth-order valence-corrected chi connectivity index (χ4v) is 2.01. The summed E-state index contributed by atoms with van der Waals surface area (Å²) in [6.07, 6.45) is 0. The van der Waals surface area contributed by atoms with Crippen LogP contribution in [0.15, 0.2) is 24.3 Å². The van der Waals surface area contributed by atoms with E-state index in [1.54, 1.807) is 0 Å². The number of aromatic nitrogens is 2. The maximum absolute atomic E-state index is 4.39. The van der Waals surface area contributed by atoms with E-state index in [1.807, 2.05) is 0 Å². The van der Waals surface area contributed by atoms with Crippen LogP contribution in [-0.2, 0) is 6.54 Å². The van der Waals surface area contributed by atoms with Crippen LogP contribution in [0.3, 0.4) is 0 Å². The molecule has 0 aliphatic heterocycles. The van der Waals surface area contributed by atoms with Crippen LogP contribution < -0.4 is 5.32 Å². The van der Waals surface area contributed by atoms with Gasteiger partial charge >= 0.3 is 0 Å². The highest BCUT2D eigenvalue weighted by Gasteiger charge is 2.07. The van der Waals surface area contributed by atoms with Crippen molar-refractivity contribution in [3.63, 3.8) is 0 Å². The first-order chi connectivity index (χ1) is 8.56. The number of nitrogens with zero attached hydrogens (tertiary/aromatic N) is 1. The Morgan fingerprint density at radius 3 is 2.67 bits per heavy atom. The van der Waals surface area contributed by atoms with Gasteiger partial charge in [0.05, 0.1) is 5.69 Å². The quantitative estimate of drug-likeness (QED) is 0.865. The molecule has 2 rings (SSSR count). The summed E-state index contributed by atoms with van der Waals surface area (Å²) >= 11 is 0. The minimum Gasteiger partial charge on any atom is -0.309 e. The van der Waals surface area contributed by atoms with Crippen molar-refractivity contribution in [3.8, 4) is 11.3 Å². The van der Waals surface area contributed by atoms with Crippen LogP contribution in [0.1, 0.15) is 30.7 Å². The average molecular weight is 243 g/mol. The molecule has 0 bridgehead atoms. The Kier molecular flexibility index (Phi) is 3.82. The Morgan fingerprint density at radius 2 is 2.00 bits per heavy atom. The second-order valence-electron chi connectivity index (χ2n) is 5.13. The molecule has 3 nitrogen and oxygen atoms in total. The standard InChI is InChI=1S/C15H21N3/c1-10(2)16-9-13-8-15(18-17-13)14-6-5-11(3)7-12(14)4/h5-8,10,16H,9H2,1-4H3,(H,17,18). The summed E-state index contributed by atoms with van der Waals surface area (Å²) in [6.45, 7) is 9.35. The van der Waals surface area contributed by atoms with Gasteiger partial charge in [-0.15, -0.1) is 0 Å². The Morgan fingerprint density at radius 1 is 1.22 bits per heavy atom. The lowest BCUT2D eigenvalue weighted by atomic mass is 10.0. The van der Waals surface area contributed by atoms with Crippen molar-refractivity contribution < 1.29 is 0 Å². The molecule has 0 amide bonds. The Bertz CT molecular complexity index is 526. The van der Waals surface area contributed by atoms with Crippen LogP contribution in [0.4, 0.5) is 0 Å². The van der Waals surface area contributed by atoms with E-state index in [0.29, 0.717) is 6.04 Å². The zero-order valence-electron chi connectivity index (χ0n) is 11.5. The largest absolute Gasteiger partial charge is 0.309 e. The van der Waals surface area contributed by atoms with E-state index in [-0.39, 0.29) is 0 Å². The Labute approximate surface area is 109 Å². The molecule has 0 saturated heterocycles. The third kappa shape index (κ3) is 2.99. The van der Waals surface area contributed by atoms with E-state index >= 15 is 0 Å². The number of rotatable bonds is 4. The molecular formula is C15H21N3. The van der Waals surface area contributed by atoms with Crippen LogP contribution in [0.25, 0.3) is 11.3 Å². The monoisotopic (exact) mass is 243 g/mol. The van der Waals surface area contributed by atoms with Crippen LogP contribution in [-0.4, -0.2) is 16.2 Å². The summed E-state index contributed by atoms with van der Waals surface area (Å²) in [6, 6.07) is 9.06. The van der Waals surface area contributed by atoms with Crippen LogP contribution in [0, 0.1) is 13.8 Å². The van der Waals surface area contributed by atoms with E-state index in [0.717, 1.165) is 17.9 Å². The fourth-order valence-electron chi connectivity index (χ4n) is 2.01. The van der Waals surface area contributed by atoms with Gasteiger partial charge in [0.25, 0.3) is 0 Å². The Hall–Kier alpha value is -1.61. The molecule has 0 aliphatic carbocycles. The van der Waals surface area contributed by atoms with Crippen molar-refractivity contribution in [2.45, 2.75) is 40.3 Å². The van der Waals surface area contributed by atoms with E-state index < -0.39 is 0 Å². The molecule has 1 aromatic heterocycles. The average Bonchev–Trinajstić information content (AvgIpc) is 2.75. The lowest BCUT2D eigenvalue weighted by Crippen LogP contribution is -2.21. The number of benzene rings is 1. The first-order valence-electron chi connectivity index (χ1n) is 6.41. The molecule has 2 aromatic rings. The normalized spacial score (nSPS) is 11.2. The van der Waals surface area contributed by atoms with Gasteiger partial charge in [0.2, 0.25) is 0 Å². The summed E-state index contributed by atoms with van der Waals surface area (Å²) < 4.78 is 0. The lowest BCUT2D eigenvalue weighted by Gasteiger charge is -2.05. The summed E-state index contributed by atoms with van der Waals surface area (Å²) in [4.78, 5) is 0. The number of aryl methyl sites for hydroxylation is 2. The molecular weight excluding hydrogens is 222 g/mol. The molecule has 0 atom stereocenters. The van der Waals surface area contributed by atoms with Gasteiger partial charge in [-0.05, 0) is 25.5 Å². The van der Waals surface area contributed by atoms with Gasteiger partial charge in [0, 0.05) is 23.8 Å². The highest BCUT2D eigenvalue weighted by atomic mass is 15.1. The van der Waals surface area contributed by atoms with E-state index in [4.69, 9.17) is 0 Å². The zero-order valence-corrected chi connectivity index (χ0v) is 11.5. The molecule has 3 heteroatoms. The topological polar surface area (TPSA) is 40.7 Å². The van der Waals surface area contributed by atoms with Crippen molar-refractivity contribution in [2.24, 2.45) is 0 Å². The third-order valence-corrected chi connectivity index (χ3v) is 2.99. The molecule has 1 aromatic carbocycles. The predicted octanol–water partition coefficient (Wildman–Crippen LogP) is 3.19. The first kappa shape index (κ1) is 12.8. The van der Waals surface area contributed by atoms with Crippen molar-refractivity contribution in [2.75, 3.05) is 0 Å². The number of hydrogen-bond acceptors (Lipinski definition) is 2. The summed E-state index contributed by atoms with van der Waals surface area (Å²) in [5, 5.41) is 10.9. The zero-order chi connectivity index (χ0) is 13.1. The highest BCUT2D eigenvalue weighted by Crippen LogP contribution is 2.22. The molecule has 0 saturated carbocycles. The Balaban J connectivity index is 2.18. The molecule has 1 heterocycles. The fraction of sp³-hybridized carbons (Fsp3) is 0.400. The molecule has 0 unspecified atom stereocenters. The SMILES string of the molecule is Cc1ccc(-c2cc(CNC(C)C)[nH]n2)c(C)c1. The maximum Gasteiger partial charge on any atom is 0.0926 e. The number of aromatic amines is 1. The molecule has 18 heavy (non-hydrogen) atoms. The second-order valence-corrected chi connectivity index (χ2v) is 5.13. The van der Waals surface area contributed by atoms with Gasteiger partial charge in [0.15, 0.2) is 0 Å². The van der Waals surface area contributed by atoms with Crippen molar-refractivity contribution in [1.29, 1.82) is 0 Å². The molecule has 96 valence electrons. The van der Waals surface area contributed by atoms with Gasteiger partial charge in [0.1, 0.15) is 0 Å². The summed E-state index contributed by atoms with van der Waals surface area (Å²) in [7, 11) is 0. The number of nitrogens with one attached hydrogen (secondary N) is 2. The van der Waals surface area contributed by atoms with Gasteiger partial charge in [-0.3, -0.25) is 5.10 Å². The van der Waals surface area contributed by atoms with E-state index in [2.05, 4.69) is 67.5 Å². The maximum atomic E-state index is 4.39. The highest BCUT2D eigenvalue weighted by molar-refractivity contribution is 5.64. The molecule has 0 fully saturated rings. The molecule has 0 radical (unpaired) electrons. The molecule has 0 aliphatic rings. The third-order valence-electron chi connectivity index (χ3n) is 2.99. The van der Waals surface area contributed by atoms with Gasteiger partial charge in [-0.2, -0.15) is 5.10 Å². The summed E-state index contributed by atoms with van der Waals surface area (Å²) in [5.74, 6) is 0. The predicted molar refractivity (Wildman–Crippen MR) is 75.5 cm³/mol. The molecule has 0 spiro atoms. The minimum atomic E-state index is 0.484. The van der Waals surface area contributed by atoms with Gasteiger partial charge in [-0.25, -0.2) is 0 Å². The molecule has 2 N–H and O–H groups in total. The van der Waals surface area contributed by atoms with Crippen molar-refractivity contribution in [1.82, 2.24) is 15.5 Å². The van der Waals surface area contributed by atoms with Crippen LogP contribution >= 0.6 is 0 Å². The summed E-state index contributed by atoms with van der Waals surface area (Å²) in [5.41, 5.74) is 5.90. The van der Waals surface area contributed by atoms with Crippen molar-refractivity contribution >= 4 is 0 Å². The smallest absolute Gasteiger partial charge is 0.0926 e. The van der Waals surface area contributed by atoms with E-state index in [1.165, 1.54) is 16.7 Å². The second kappa shape index (κ2) is 5.36. The van der Waals surface area contributed by atoms with Gasteiger partial charge < -0.3 is 5.32 Å². The minimum absolute atomic E-state index is 0.484.